The van der Waals surface area contributed by atoms with E-state index in [0.29, 0.717) is 16.8 Å². The number of carbonyl (C=O) groups excluding carboxylic acids is 5. The number of aromatic nitrogens is 2. The second-order valence-corrected chi connectivity index (χ2v) is 9.87. The normalized spacial score (nSPS) is 31.6. The maximum absolute atomic E-state index is 13.8. The molecule has 1 amide bonds. The molecule has 0 saturated heterocycles. The number of phenolic OH excluding ortho intramolecular Hbond substituents is 1. The van der Waals surface area contributed by atoms with Crippen LogP contribution >= 0.6 is 0 Å². The predicted octanol–water partition coefficient (Wildman–Crippen LogP) is -0.676. The third kappa shape index (κ3) is 3.09. The van der Waals surface area contributed by atoms with Gasteiger partial charge in [0.2, 0.25) is 5.91 Å². The van der Waals surface area contributed by atoms with Gasteiger partial charge in [0.25, 0.3) is 0 Å². The molecule has 6 atom stereocenters. The molecule has 5 rings (SSSR count). The molecule has 0 bridgehead atoms. The van der Waals surface area contributed by atoms with Crippen LogP contribution in [0, 0.1) is 23.7 Å². The molecule has 3 aliphatic carbocycles. The Morgan fingerprint density at radius 1 is 1.14 bits per heavy atom. The first-order valence-electron chi connectivity index (χ1n) is 11.5. The lowest BCUT2D eigenvalue weighted by molar-refractivity contribution is -0.181. The average molecular weight is 492 g/mol. The van der Waals surface area contributed by atoms with Crippen molar-refractivity contribution in [1.82, 2.24) is 14.9 Å². The second kappa shape index (κ2) is 8.10. The minimum atomic E-state index is -2.74. The molecule has 2 saturated carbocycles. The van der Waals surface area contributed by atoms with E-state index in [2.05, 4.69) is 9.97 Å². The molecule has 2 fully saturated rings. The fraction of sp³-hybridized carbons (Fsp3) is 0.400. The lowest BCUT2D eigenvalue weighted by Gasteiger charge is -2.52. The fourth-order valence-corrected chi connectivity index (χ4v) is 6.28. The van der Waals surface area contributed by atoms with Crippen molar-refractivity contribution >= 4 is 29.0 Å². The fourth-order valence-electron chi connectivity index (χ4n) is 6.28. The Morgan fingerprint density at radius 3 is 2.47 bits per heavy atom. The molecule has 3 aliphatic rings. The number of nitrogens with two attached hydrogens (primary N) is 1. The number of primary amides is 1. The molecule has 11 heteroatoms. The molecular formula is C25H24N4O7. The van der Waals surface area contributed by atoms with Crippen molar-refractivity contribution in [2.45, 2.75) is 24.5 Å². The average Bonchev–Trinajstić information content (AvgIpc) is 2.81. The van der Waals surface area contributed by atoms with Crippen molar-refractivity contribution in [2.24, 2.45) is 29.4 Å². The molecule has 36 heavy (non-hydrogen) atoms. The number of amides is 1. The zero-order chi connectivity index (χ0) is 26.1. The molecule has 1 aromatic heterocycles. The molecule has 11 nitrogen and oxygen atoms in total. The summed E-state index contributed by atoms with van der Waals surface area (Å²) >= 11 is 0. The number of phenols is 1. The van der Waals surface area contributed by atoms with E-state index in [1.807, 2.05) is 0 Å². The van der Waals surface area contributed by atoms with Gasteiger partial charge in [-0.1, -0.05) is 0 Å². The van der Waals surface area contributed by atoms with Gasteiger partial charge < -0.3 is 15.9 Å². The summed E-state index contributed by atoms with van der Waals surface area (Å²) in [5.41, 5.74) is 4.00. The summed E-state index contributed by atoms with van der Waals surface area (Å²) in [7, 11) is 3.08. The molecule has 0 radical (unpaired) electrons. The highest BCUT2D eigenvalue weighted by Gasteiger charge is 2.69. The van der Waals surface area contributed by atoms with E-state index >= 15 is 0 Å². The molecule has 1 heterocycles. The van der Waals surface area contributed by atoms with Crippen molar-refractivity contribution in [3.05, 3.63) is 41.9 Å². The van der Waals surface area contributed by atoms with Crippen LogP contribution in [-0.4, -0.2) is 79.9 Å². The highest BCUT2D eigenvalue weighted by Crippen LogP contribution is 2.51. The zero-order valence-electron chi connectivity index (χ0n) is 19.5. The van der Waals surface area contributed by atoms with Crippen LogP contribution in [0.4, 0.5) is 0 Å². The number of likely N-dealkylation sites (N-methyl/N-ethyl adjacent to an activating group) is 1. The topological polar surface area (TPSA) is 181 Å². The van der Waals surface area contributed by atoms with Gasteiger partial charge in [0, 0.05) is 23.9 Å². The lowest BCUT2D eigenvalue weighted by atomic mass is 9.52. The summed E-state index contributed by atoms with van der Waals surface area (Å²) in [5.74, 6) is -10.7. The summed E-state index contributed by atoms with van der Waals surface area (Å²) in [6.07, 6.45) is 4.64. The van der Waals surface area contributed by atoms with Gasteiger partial charge in [-0.3, -0.25) is 38.8 Å². The van der Waals surface area contributed by atoms with Crippen molar-refractivity contribution in [3.8, 4) is 17.0 Å². The van der Waals surface area contributed by atoms with Crippen LogP contribution in [0.5, 0.6) is 5.75 Å². The quantitative estimate of drug-likeness (QED) is 0.465. The standard InChI is InChI=1S/C25H24N4O7/c1-29(2)19-13-8-10-7-12-11(14-9-27-5-6-28-14)3-4-15(30)17(12)20(31)16(10)22(33)25(13,36)23(34)18(21(19)32)24(26)35/h3-6,9-10,13,16,18-19,30,36H,7-8H2,1-2H3,(H2,26,35)/t10-,13-,16?,18?,19?,25-/m1/s1. The number of benzene rings is 1. The van der Waals surface area contributed by atoms with Gasteiger partial charge in [0.1, 0.15) is 5.75 Å². The summed E-state index contributed by atoms with van der Waals surface area (Å²) in [4.78, 5) is 75.7. The summed E-state index contributed by atoms with van der Waals surface area (Å²) in [6.45, 7) is 0. The van der Waals surface area contributed by atoms with Crippen molar-refractivity contribution in [2.75, 3.05) is 14.1 Å². The number of ketones is 4. The monoisotopic (exact) mass is 492 g/mol. The highest BCUT2D eigenvalue weighted by atomic mass is 16.3. The first kappa shape index (κ1) is 23.9. The van der Waals surface area contributed by atoms with E-state index in [4.69, 9.17) is 5.73 Å². The lowest BCUT2D eigenvalue weighted by Crippen LogP contribution is -2.74. The number of fused-ring (bicyclic) bond motifs is 3. The van der Waals surface area contributed by atoms with E-state index < -0.39 is 64.4 Å². The zero-order valence-corrected chi connectivity index (χ0v) is 19.5. The van der Waals surface area contributed by atoms with Gasteiger partial charge >= 0.3 is 0 Å². The van der Waals surface area contributed by atoms with E-state index in [1.165, 1.54) is 29.6 Å². The van der Waals surface area contributed by atoms with Gasteiger partial charge in [0.05, 0.1) is 29.4 Å². The number of aromatic hydroxyl groups is 1. The third-order valence-electron chi connectivity index (χ3n) is 7.78. The Balaban J connectivity index is 1.66. The van der Waals surface area contributed by atoms with Crippen LogP contribution in [0.25, 0.3) is 11.3 Å². The first-order chi connectivity index (χ1) is 17.0. The molecule has 186 valence electrons. The molecule has 0 spiro atoms. The Bertz CT molecular complexity index is 1340. The molecule has 2 aromatic rings. The van der Waals surface area contributed by atoms with Crippen LogP contribution < -0.4 is 5.73 Å². The van der Waals surface area contributed by atoms with E-state index in [9.17, 15) is 34.2 Å². The summed E-state index contributed by atoms with van der Waals surface area (Å²) in [5, 5.41) is 22.1. The molecular weight excluding hydrogens is 468 g/mol. The number of aliphatic hydroxyl groups is 1. The van der Waals surface area contributed by atoms with Crippen LogP contribution in [0.15, 0.2) is 30.7 Å². The minimum absolute atomic E-state index is 0.0144. The van der Waals surface area contributed by atoms with Gasteiger partial charge in [-0.2, -0.15) is 0 Å². The van der Waals surface area contributed by atoms with Gasteiger partial charge in [0.15, 0.2) is 34.7 Å². The Kier molecular flexibility index (Phi) is 5.38. The summed E-state index contributed by atoms with van der Waals surface area (Å²) < 4.78 is 0. The largest absolute Gasteiger partial charge is 0.507 e. The number of hydrogen-bond donors (Lipinski definition) is 3. The number of rotatable bonds is 3. The second-order valence-electron chi connectivity index (χ2n) is 9.87. The van der Waals surface area contributed by atoms with Gasteiger partial charge in [-0.15, -0.1) is 0 Å². The van der Waals surface area contributed by atoms with Gasteiger partial charge in [-0.05, 0) is 50.6 Å². The van der Waals surface area contributed by atoms with Crippen LogP contribution in [-0.2, 0) is 25.6 Å². The number of carbonyl (C=O) groups is 5. The highest BCUT2D eigenvalue weighted by molar-refractivity contribution is 6.32. The smallest absolute Gasteiger partial charge is 0.235 e. The van der Waals surface area contributed by atoms with Crippen molar-refractivity contribution in [1.29, 1.82) is 0 Å². The Hall–Kier alpha value is -3.83. The predicted molar refractivity (Wildman–Crippen MR) is 122 cm³/mol. The SMILES string of the molecule is CN(C)C1C(=O)C(C(N)=O)C(=O)[C@]2(O)C(=O)C3C(=O)c4c(O)ccc(-c5cnccn5)c4C[C@@H]3C[C@H]12. The molecule has 4 N–H and O–H groups in total. The van der Waals surface area contributed by atoms with E-state index in [0.717, 1.165) is 0 Å². The Labute approximate surface area is 205 Å². The number of nitrogens with zero attached hydrogens (tertiary/aromatic N) is 3. The first-order valence-corrected chi connectivity index (χ1v) is 11.5. The molecule has 3 unspecified atom stereocenters. The van der Waals surface area contributed by atoms with Crippen LogP contribution in [0.1, 0.15) is 22.3 Å². The third-order valence-corrected chi connectivity index (χ3v) is 7.78. The van der Waals surface area contributed by atoms with E-state index in [1.54, 1.807) is 20.2 Å². The molecule has 1 aromatic carbocycles. The number of hydrogen-bond acceptors (Lipinski definition) is 10. The van der Waals surface area contributed by atoms with Crippen LogP contribution in [0.2, 0.25) is 0 Å². The van der Waals surface area contributed by atoms with E-state index in [-0.39, 0.29) is 24.2 Å². The maximum Gasteiger partial charge on any atom is 0.235 e. The maximum atomic E-state index is 13.8. The van der Waals surface area contributed by atoms with Crippen molar-refractivity contribution < 1.29 is 34.2 Å². The van der Waals surface area contributed by atoms with Gasteiger partial charge in [-0.25, -0.2) is 0 Å². The molecule has 0 aliphatic heterocycles. The summed E-state index contributed by atoms with van der Waals surface area (Å²) in [6, 6.07) is 1.79. The van der Waals surface area contributed by atoms with Crippen LogP contribution in [0.3, 0.4) is 0 Å². The number of Topliss-reactive ketones (excluding diaryl/α,β-unsaturated/α-hetero) is 4. The Morgan fingerprint density at radius 2 is 1.86 bits per heavy atom. The van der Waals surface area contributed by atoms with Crippen molar-refractivity contribution in [3.63, 3.8) is 0 Å². The minimum Gasteiger partial charge on any atom is -0.507 e.